The zero-order valence-electron chi connectivity index (χ0n) is 24.5. The van der Waals surface area contributed by atoms with E-state index in [0.717, 1.165) is 80.9 Å². The number of nitrogens with zero attached hydrogens (tertiary/aromatic N) is 1. The lowest BCUT2D eigenvalue weighted by Crippen LogP contribution is -2.29. The van der Waals surface area contributed by atoms with Crippen LogP contribution in [0.4, 0.5) is 5.69 Å². The Labute approximate surface area is 249 Å². The predicted octanol–water partition coefficient (Wildman–Crippen LogP) is 8.27. The van der Waals surface area contributed by atoms with Crippen LogP contribution in [0, 0.1) is 17.8 Å². The number of ether oxygens (including phenoxy) is 1. The van der Waals surface area contributed by atoms with E-state index in [9.17, 15) is 4.79 Å². The van der Waals surface area contributed by atoms with Crippen LogP contribution >= 0.6 is 11.6 Å². The van der Waals surface area contributed by atoms with Crippen molar-refractivity contribution in [1.82, 2.24) is 5.32 Å². The number of rotatable bonds is 9. The molecule has 1 fully saturated rings. The lowest BCUT2D eigenvalue weighted by Gasteiger charge is -2.25. The molecule has 0 amide bonds. The van der Waals surface area contributed by atoms with Crippen molar-refractivity contribution in [3.8, 4) is 5.75 Å². The average Bonchev–Trinajstić information content (AvgIpc) is 3.44. The topological polar surface area (TPSA) is 62.7 Å². The highest BCUT2D eigenvalue weighted by Crippen LogP contribution is 2.38. The molecule has 2 aliphatic heterocycles. The van der Waals surface area contributed by atoms with E-state index in [-0.39, 0.29) is 17.6 Å². The number of nitrogens with one attached hydrogen (secondary N) is 2. The molecule has 0 saturated carbocycles. The van der Waals surface area contributed by atoms with E-state index in [2.05, 4.69) is 54.0 Å². The number of halogens is 1. The summed E-state index contributed by atoms with van der Waals surface area (Å²) in [7, 11) is 1.72. The minimum atomic E-state index is -0.0393. The van der Waals surface area contributed by atoms with Crippen LogP contribution in [0.15, 0.2) is 71.5 Å². The fourth-order valence-corrected chi connectivity index (χ4v) is 6.62. The molecule has 0 aromatic heterocycles. The first-order valence-electron chi connectivity index (χ1n) is 15.1. The zero-order valence-corrected chi connectivity index (χ0v) is 25.3. The lowest BCUT2D eigenvalue weighted by atomic mass is 9.85. The van der Waals surface area contributed by atoms with E-state index in [1.165, 1.54) is 16.7 Å². The highest BCUT2D eigenvalue weighted by atomic mass is 35.5. The molecule has 6 heteroatoms. The number of Topliss-reactive ketones (excluding diaryl/α,β-unsaturated/α-hetero) is 1. The van der Waals surface area contributed by atoms with Crippen LogP contribution in [0.1, 0.15) is 73.9 Å². The fourth-order valence-electron chi connectivity index (χ4n) is 6.35. The largest absolute Gasteiger partial charge is 0.496 e. The molecule has 1 aliphatic carbocycles. The summed E-state index contributed by atoms with van der Waals surface area (Å²) >= 11 is 6.73. The summed E-state index contributed by atoms with van der Waals surface area (Å²) in [6.45, 7) is 6.28. The number of aliphatic imine (C=N–C) groups is 1. The van der Waals surface area contributed by atoms with Crippen molar-refractivity contribution in [3.05, 3.63) is 88.2 Å². The fraction of sp³-hybridized carbons (Fsp3) is 0.429. The second-order valence-electron chi connectivity index (χ2n) is 11.4. The molecule has 0 radical (unpaired) electrons. The zero-order chi connectivity index (χ0) is 28.8. The molecular formula is C35H42ClN3O2. The van der Waals surface area contributed by atoms with Gasteiger partial charge < -0.3 is 15.4 Å². The van der Waals surface area contributed by atoms with E-state index >= 15 is 0 Å². The van der Waals surface area contributed by atoms with Gasteiger partial charge in [-0.25, -0.2) is 0 Å². The van der Waals surface area contributed by atoms with Gasteiger partial charge in [-0.05, 0) is 111 Å². The quantitative estimate of drug-likeness (QED) is 0.235. The number of fused-ring (bicyclic) bond motifs is 1. The van der Waals surface area contributed by atoms with E-state index in [1.54, 1.807) is 7.11 Å². The van der Waals surface area contributed by atoms with Crippen LogP contribution in [0.25, 0.3) is 5.57 Å². The average molecular weight is 572 g/mol. The Morgan fingerprint density at radius 1 is 1.15 bits per heavy atom. The maximum absolute atomic E-state index is 13.3. The molecule has 0 spiro atoms. The minimum Gasteiger partial charge on any atom is -0.496 e. The van der Waals surface area contributed by atoms with Gasteiger partial charge in [0, 0.05) is 29.3 Å². The minimum absolute atomic E-state index is 0.0393. The van der Waals surface area contributed by atoms with Crippen LogP contribution in [-0.4, -0.2) is 31.7 Å². The first-order chi connectivity index (χ1) is 20.0. The molecule has 41 heavy (non-hydrogen) atoms. The van der Waals surface area contributed by atoms with Gasteiger partial charge in [-0.15, -0.1) is 0 Å². The van der Waals surface area contributed by atoms with Gasteiger partial charge in [0.1, 0.15) is 5.75 Å². The van der Waals surface area contributed by atoms with Gasteiger partial charge in [-0.1, -0.05) is 49.7 Å². The number of allylic oxidation sites excluding steroid dienone is 5. The SMILES string of the molecule is CCc1cc(C2=CN=C3/C(Nc4ccc(C(=O)C(C)CC5CCNCC5)c(Cl)c4)=C/C/C=C\CCC23)ccc1OC. The van der Waals surface area contributed by atoms with Crippen LogP contribution in [0.3, 0.4) is 0 Å². The molecule has 3 aliphatic rings. The van der Waals surface area contributed by atoms with Crippen molar-refractivity contribution in [3.63, 3.8) is 0 Å². The highest BCUT2D eigenvalue weighted by Gasteiger charge is 2.29. The van der Waals surface area contributed by atoms with Gasteiger partial charge in [0.2, 0.25) is 0 Å². The Morgan fingerprint density at radius 2 is 1.98 bits per heavy atom. The smallest absolute Gasteiger partial charge is 0.167 e. The number of hydrogen-bond donors (Lipinski definition) is 2. The van der Waals surface area contributed by atoms with Crippen molar-refractivity contribution < 1.29 is 9.53 Å². The first kappa shape index (κ1) is 29.3. The third-order valence-corrected chi connectivity index (χ3v) is 8.98. The predicted molar refractivity (Wildman–Crippen MR) is 171 cm³/mol. The summed E-state index contributed by atoms with van der Waals surface area (Å²) in [6, 6.07) is 12.2. The van der Waals surface area contributed by atoms with Gasteiger partial charge in [0.15, 0.2) is 5.78 Å². The number of aryl methyl sites for hydroxylation is 1. The Bertz CT molecular complexity index is 1380. The Balaban J connectivity index is 1.33. The van der Waals surface area contributed by atoms with Crippen molar-refractivity contribution in [2.45, 2.75) is 58.8 Å². The van der Waals surface area contributed by atoms with E-state index in [4.69, 9.17) is 21.3 Å². The van der Waals surface area contributed by atoms with Crippen LogP contribution in [0.5, 0.6) is 5.75 Å². The monoisotopic (exact) mass is 571 g/mol. The number of hydrogen-bond acceptors (Lipinski definition) is 5. The number of carbonyl (C=O) groups excluding carboxylic acids is 1. The molecule has 216 valence electrons. The number of piperidine rings is 1. The summed E-state index contributed by atoms with van der Waals surface area (Å²) in [4.78, 5) is 18.3. The van der Waals surface area contributed by atoms with Crippen molar-refractivity contribution in [1.29, 1.82) is 0 Å². The maximum atomic E-state index is 13.3. The maximum Gasteiger partial charge on any atom is 0.167 e. The molecule has 2 unspecified atom stereocenters. The van der Waals surface area contributed by atoms with Gasteiger partial charge in [0.05, 0.1) is 23.5 Å². The summed E-state index contributed by atoms with van der Waals surface area (Å²) in [6.07, 6.45) is 15.6. The number of ketones is 1. The highest BCUT2D eigenvalue weighted by molar-refractivity contribution is 6.34. The molecular weight excluding hydrogens is 530 g/mol. The van der Waals surface area contributed by atoms with E-state index < -0.39 is 0 Å². The lowest BCUT2D eigenvalue weighted by molar-refractivity contribution is 0.0906. The van der Waals surface area contributed by atoms with Crippen molar-refractivity contribution >= 4 is 34.4 Å². The second kappa shape index (κ2) is 13.7. The summed E-state index contributed by atoms with van der Waals surface area (Å²) in [5.41, 5.74) is 7.14. The number of carbonyl (C=O) groups is 1. The number of anilines is 1. The molecule has 1 saturated heterocycles. The molecule has 2 N–H and O–H groups in total. The number of benzene rings is 2. The molecule has 0 bridgehead atoms. The van der Waals surface area contributed by atoms with Crippen molar-refractivity contribution in [2.24, 2.45) is 22.7 Å². The molecule has 2 aromatic carbocycles. The van der Waals surface area contributed by atoms with Gasteiger partial charge in [-0.3, -0.25) is 9.79 Å². The Kier molecular flexibility index (Phi) is 9.79. The summed E-state index contributed by atoms with van der Waals surface area (Å²) in [5, 5.41) is 7.50. The van der Waals surface area contributed by atoms with Gasteiger partial charge >= 0.3 is 0 Å². The first-order valence-corrected chi connectivity index (χ1v) is 15.5. The number of methoxy groups -OCH3 is 1. The van der Waals surface area contributed by atoms with E-state index in [0.29, 0.717) is 16.5 Å². The summed E-state index contributed by atoms with van der Waals surface area (Å²) in [5.74, 6) is 1.80. The molecule has 2 heterocycles. The van der Waals surface area contributed by atoms with Crippen LogP contribution in [-0.2, 0) is 6.42 Å². The van der Waals surface area contributed by atoms with Crippen LogP contribution < -0.4 is 15.4 Å². The Hall–Kier alpha value is -3.15. The van der Waals surface area contributed by atoms with E-state index in [1.807, 2.05) is 31.3 Å². The standard InChI is InChI=1S/C35H42ClN3O2/c1-4-25-20-26(11-14-33(25)41-3)30-22-38-34-28(30)9-7-5-6-8-10-32(34)39-27-12-13-29(31(36)21-27)35(40)23(2)19-24-15-17-37-18-16-24/h5-6,10-14,20-24,28,37,39H,4,7-9,15-19H2,1-3H3/b6-5-,32-10-. The van der Waals surface area contributed by atoms with Crippen LogP contribution in [0.2, 0.25) is 5.02 Å². The third kappa shape index (κ3) is 6.85. The van der Waals surface area contributed by atoms with Gasteiger partial charge in [-0.2, -0.15) is 0 Å². The summed E-state index contributed by atoms with van der Waals surface area (Å²) < 4.78 is 5.57. The molecule has 5 nitrogen and oxygen atoms in total. The van der Waals surface area contributed by atoms with Gasteiger partial charge in [0.25, 0.3) is 0 Å². The normalized spacial score (nSPS) is 22.1. The third-order valence-electron chi connectivity index (χ3n) is 8.67. The second-order valence-corrected chi connectivity index (χ2v) is 11.9. The Morgan fingerprint density at radius 3 is 2.73 bits per heavy atom. The molecule has 5 rings (SSSR count). The van der Waals surface area contributed by atoms with Crippen molar-refractivity contribution in [2.75, 3.05) is 25.5 Å². The molecule has 2 aromatic rings. The molecule has 2 atom stereocenters.